The summed E-state index contributed by atoms with van der Waals surface area (Å²) < 4.78 is 40.0. The van der Waals surface area contributed by atoms with Crippen LogP contribution < -0.4 is 10.5 Å². The van der Waals surface area contributed by atoms with Gasteiger partial charge in [0.05, 0.1) is 0 Å². The van der Waals surface area contributed by atoms with Gasteiger partial charge in [0.2, 0.25) is 5.96 Å². The number of halogens is 1. The van der Waals surface area contributed by atoms with E-state index in [0.29, 0.717) is 6.42 Å². The lowest BCUT2D eigenvalue weighted by Crippen LogP contribution is -2.36. The van der Waals surface area contributed by atoms with E-state index >= 15 is 0 Å². The minimum absolute atomic E-state index is 0.169. The minimum Gasteiger partial charge on any atom is -0.369 e. The van der Waals surface area contributed by atoms with E-state index in [1.165, 1.54) is 18.2 Å². The van der Waals surface area contributed by atoms with E-state index in [0.717, 1.165) is 33.5 Å². The highest BCUT2D eigenvalue weighted by Gasteiger charge is 2.16. The van der Waals surface area contributed by atoms with Gasteiger partial charge in [0.25, 0.3) is 10.0 Å². The summed E-state index contributed by atoms with van der Waals surface area (Å²) in [6.45, 7) is 2.18. The molecule has 0 atom stereocenters. The number of rotatable bonds is 5. The fraction of sp³-hybridized carbons (Fsp3) is 0.188. The average molecular weight is 380 g/mol. The van der Waals surface area contributed by atoms with E-state index < -0.39 is 10.0 Å². The average Bonchev–Trinajstić information content (AvgIpc) is 3.16. The van der Waals surface area contributed by atoms with Gasteiger partial charge in [0, 0.05) is 23.1 Å². The predicted octanol–water partition coefficient (Wildman–Crippen LogP) is 2.51. The molecule has 0 aliphatic heterocycles. The molecule has 0 unspecified atom stereocenters. The lowest BCUT2D eigenvalue weighted by atomic mass is 10.1. The van der Waals surface area contributed by atoms with Gasteiger partial charge in [-0.1, -0.05) is 6.07 Å². The third-order valence-corrected chi connectivity index (χ3v) is 6.48. The zero-order valence-electron chi connectivity index (χ0n) is 13.4. The van der Waals surface area contributed by atoms with Crippen LogP contribution in [-0.2, 0) is 16.4 Å². The van der Waals surface area contributed by atoms with E-state index in [-0.39, 0.29) is 22.5 Å². The lowest BCUT2D eigenvalue weighted by Gasteiger charge is -2.05. The molecule has 1 aromatic carbocycles. The van der Waals surface area contributed by atoms with E-state index in [1.807, 2.05) is 6.92 Å². The van der Waals surface area contributed by atoms with Crippen molar-refractivity contribution >= 4 is 38.2 Å². The van der Waals surface area contributed by atoms with Crippen LogP contribution in [-0.4, -0.2) is 25.9 Å². The van der Waals surface area contributed by atoms with E-state index in [2.05, 4.69) is 14.7 Å². The quantitative estimate of drug-likeness (QED) is 0.468. The first-order valence-corrected chi connectivity index (χ1v) is 9.86. The molecule has 0 radical (unpaired) electrons. The number of aromatic nitrogens is 1. The highest BCUT2D eigenvalue weighted by molar-refractivity contribution is 7.92. The number of guanidine groups is 1. The molecule has 9 heteroatoms. The van der Waals surface area contributed by atoms with Crippen LogP contribution in [0.2, 0.25) is 0 Å². The Morgan fingerprint density at radius 3 is 2.92 bits per heavy atom. The molecule has 0 saturated heterocycles. The van der Waals surface area contributed by atoms with Gasteiger partial charge in [-0.15, -0.1) is 11.3 Å². The van der Waals surface area contributed by atoms with E-state index in [1.54, 1.807) is 17.5 Å². The highest BCUT2D eigenvalue weighted by Crippen LogP contribution is 2.23. The monoisotopic (exact) mass is 380 g/mol. The smallest absolute Gasteiger partial charge is 0.273 e. The molecular weight excluding hydrogens is 363 g/mol. The number of hydrogen-bond donors (Lipinski definition) is 3. The number of nitrogens with two attached hydrogens (primary N) is 1. The summed E-state index contributed by atoms with van der Waals surface area (Å²) >= 11 is 1.10. The van der Waals surface area contributed by atoms with Gasteiger partial charge in [-0.2, -0.15) is 0 Å². The molecule has 0 spiro atoms. The second kappa shape index (κ2) is 6.85. The maximum Gasteiger partial charge on any atom is 0.273 e. The second-order valence-electron chi connectivity index (χ2n) is 5.47. The Kier molecular flexibility index (Phi) is 4.78. The number of nitrogens with one attached hydrogen (secondary N) is 2. The Morgan fingerprint density at radius 1 is 1.40 bits per heavy atom. The molecule has 0 aliphatic rings. The Bertz CT molecular complexity index is 1020. The summed E-state index contributed by atoms with van der Waals surface area (Å²) in [6, 6.07) is 7.70. The van der Waals surface area contributed by atoms with Gasteiger partial charge in [0.1, 0.15) is 10.0 Å². The number of thiophene rings is 1. The Labute approximate surface area is 148 Å². The number of aromatic amines is 1. The minimum atomic E-state index is -3.69. The normalized spacial score (nSPS) is 12.6. The van der Waals surface area contributed by atoms with Gasteiger partial charge in [-0.3, -0.25) is 4.99 Å². The maximum absolute atomic E-state index is 13.5. The van der Waals surface area contributed by atoms with Crippen molar-refractivity contribution in [2.75, 3.05) is 6.54 Å². The van der Waals surface area contributed by atoms with Crippen molar-refractivity contribution in [3.05, 3.63) is 52.8 Å². The topological polar surface area (TPSA) is 100 Å². The predicted molar refractivity (Wildman–Crippen MR) is 97.8 cm³/mol. The van der Waals surface area contributed by atoms with Crippen LogP contribution in [0.25, 0.3) is 10.9 Å². The molecule has 0 amide bonds. The van der Waals surface area contributed by atoms with Crippen LogP contribution in [0, 0.1) is 12.7 Å². The van der Waals surface area contributed by atoms with Crippen molar-refractivity contribution in [3.63, 3.8) is 0 Å². The van der Waals surface area contributed by atoms with Crippen molar-refractivity contribution in [2.45, 2.75) is 17.6 Å². The second-order valence-corrected chi connectivity index (χ2v) is 8.33. The number of H-pyrrole nitrogens is 1. The SMILES string of the molecule is Cc1[nH]c2ccc(F)cc2c1CCN=C(N)NS(=O)(=O)c1cccs1. The molecule has 2 aromatic heterocycles. The van der Waals surface area contributed by atoms with Crippen molar-refractivity contribution in [1.82, 2.24) is 9.71 Å². The summed E-state index contributed by atoms with van der Waals surface area (Å²) in [5.41, 5.74) is 8.39. The van der Waals surface area contributed by atoms with Crippen LogP contribution in [0.5, 0.6) is 0 Å². The van der Waals surface area contributed by atoms with Gasteiger partial charge < -0.3 is 10.7 Å². The number of hydrogen-bond acceptors (Lipinski definition) is 4. The summed E-state index contributed by atoms with van der Waals surface area (Å²) in [4.78, 5) is 7.26. The number of benzene rings is 1. The largest absolute Gasteiger partial charge is 0.369 e. The Morgan fingerprint density at radius 2 is 2.20 bits per heavy atom. The van der Waals surface area contributed by atoms with E-state index in [4.69, 9.17) is 5.73 Å². The zero-order chi connectivity index (χ0) is 18.0. The van der Waals surface area contributed by atoms with Crippen LogP contribution in [0.1, 0.15) is 11.3 Å². The number of aliphatic imine (C=N–C) groups is 1. The molecule has 132 valence electrons. The number of aryl methyl sites for hydroxylation is 1. The number of fused-ring (bicyclic) bond motifs is 1. The third-order valence-electron chi connectivity index (χ3n) is 3.72. The zero-order valence-corrected chi connectivity index (χ0v) is 15.0. The molecule has 4 N–H and O–H groups in total. The van der Waals surface area contributed by atoms with Gasteiger partial charge in [-0.25, -0.2) is 17.5 Å². The summed E-state index contributed by atoms with van der Waals surface area (Å²) in [5.74, 6) is -0.475. The van der Waals surface area contributed by atoms with Crippen molar-refractivity contribution in [2.24, 2.45) is 10.7 Å². The summed E-state index contributed by atoms with van der Waals surface area (Å²) in [7, 11) is -3.69. The van der Waals surface area contributed by atoms with Crippen LogP contribution in [0.15, 0.2) is 44.9 Å². The van der Waals surface area contributed by atoms with Crippen molar-refractivity contribution in [1.29, 1.82) is 0 Å². The standard InChI is InChI=1S/C16H17FN4O2S2/c1-10-12(13-9-11(17)4-5-14(13)20-10)6-7-19-16(18)21-25(22,23)15-3-2-8-24-15/h2-5,8-9,20H,6-7H2,1H3,(H3,18,19,21). The summed E-state index contributed by atoms with van der Waals surface area (Å²) in [6.07, 6.45) is 0.511. The molecule has 0 saturated carbocycles. The van der Waals surface area contributed by atoms with Crippen molar-refractivity contribution in [3.8, 4) is 0 Å². The fourth-order valence-corrected chi connectivity index (χ4v) is 4.55. The Balaban J connectivity index is 1.71. The van der Waals surface area contributed by atoms with E-state index in [9.17, 15) is 12.8 Å². The van der Waals surface area contributed by atoms with Crippen LogP contribution >= 0.6 is 11.3 Å². The molecular formula is C16H17FN4O2S2. The van der Waals surface area contributed by atoms with Gasteiger partial charge in [0.15, 0.2) is 0 Å². The van der Waals surface area contributed by atoms with Gasteiger partial charge >= 0.3 is 0 Å². The molecule has 3 rings (SSSR count). The van der Waals surface area contributed by atoms with Crippen LogP contribution in [0.3, 0.4) is 0 Å². The summed E-state index contributed by atoms with van der Waals surface area (Å²) in [5, 5.41) is 2.46. The van der Waals surface area contributed by atoms with Crippen molar-refractivity contribution < 1.29 is 12.8 Å². The number of sulfonamides is 1. The molecule has 25 heavy (non-hydrogen) atoms. The Hall–Kier alpha value is -2.39. The first-order chi connectivity index (χ1) is 11.9. The first kappa shape index (κ1) is 17.4. The lowest BCUT2D eigenvalue weighted by molar-refractivity contribution is 0.594. The molecule has 3 aromatic rings. The molecule has 0 aliphatic carbocycles. The molecule has 0 fully saturated rings. The first-order valence-electron chi connectivity index (χ1n) is 7.50. The van der Waals surface area contributed by atoms with Gasteiger partial charge in [-0.05, 0) is 48.6 Å². The highest BCUT2D eigenvalue weighted by atomic mass is 32.2. The molecule has 2 heterocycles. The van der Waals surface area contributed by atoms with Crippen LogP contribution in [0.4, 0.5) is 4.39 Å². The molecule has 0 bridgehead atoms. The third kappa shape index (κ3) is 3.83. The maximum atomic E-state index is 13.5. The fourth-order valence-electron chi connectivity index (χ4n) is 2.60. The number of nitrogens with zero attached hydrogens (tertiary/aromatic N) is 1. The molecule has 6 nitrogen and oxygen atoms in total.